The van der Waals surface area contributed by atoms with Crippen LogP contribution in [0.15, 0.2) is 0 Å². The summed E-state index contributed by atoms with van der Waals surface area (Å²) in [7, 11) is -2.82. The second kappa shape index (κ2) is 2.23. The maximum atomic E-state index is 10.5. The van der Waals surface area contributed by atoms with Crippen LogP contribution in [0.1, 0.15) is 0 Å². The lowest BCUT2D eigenvalue weighted by Crippen LogP contribution is -2.52. The van der Waals surface area contributed by atoms with Gasteiger partial charge in [0.1, 0.15) is 0 Å². The lowest BCUT2D eigenvalue weighted by atomic mass is 10.4. The molecule has 0 saturated carbocycles. The van der Waals surface area contributed by atoms with E-state index in [0.717, 1.165) is 0 Å². The molecule has 0 spiro atoms. The Labute approximate surface area is 59.5 Å². The molecule has 1 amide bonds. The molecule has 1 aliphatic heterocycles. The Morgan fingerprint density at radius 1 is 1.50 bits per heavy atom. The van der Waals surface area contributed by atoms with Gasteiger partial charge < -0.3 is 5.32 Å². The monoisotopic (exact) mass is 162 g/mol. The van der Waals surface area contributed by atoms with Crippen molar-refractivity contribution in [1.29, 1.82) is 0 Å². The SMILES string of the molecule is [CH2]C(=O)NC1CS(=O)(=O)C1. The molecule has 5 heteroatoms. The number of sulfone groups is 1. The summed E-state index contributed by atoms with van der Waals surface area (Å²) in [5.74, 6) is -0.289. The lowest BCUT2D eigenvalue weighted by Gasteiger charge is -2.25. The van der Waals surface area contributed by atoms with E-state index >= 15 is 0 Å². The zero-order valence-electron chi connectivity index (χ0n) is 5.33. The average molecular weight is 162 g/mol. The largest absolute Gasteiger partial charge is 0.351 e. The fraction of sp³-hybridized carbons (Fsp3) is 0.600. The smallest absolute Gasteiger partial charge is 0.220 e. The van der Waals surface area contributed by atoms with Crippen LogP contribution in [0.5, 0.6) is 0 Å². The Kier molecular flexibility index (Phi) is 1.68. The van der Waals surface area contributed by atoms with Crippen LogP contribution in [0.4, 0.5) is 0 Å². The summed E-state index contributed by atoms with van der Waals surface area (Å²) in [6.45, 7) is 3.06. The molecule has 1 heterocycles. The maximum absolute atomic E-state index is 10.5. The quantitative estimate of drug-likeness (QED) is 0.523. The molecule has 1 aliphatic rings. The van der Waals surface area contributed by atoms with Crippen LogP contribution in [0.3, 0.4) is 0 Å². The van der Waals surface area contributed by atoms with Gasteiger partial charge in [0.05, 0.1) is 17.5 Å². The molecule has 0 unspecified atom stereocenters. The van der Waals surface area contributed by atoms with Gasteiger partial charge in [0.15, 0.2) is 9.84 Å². The molecule has 1 N–H and O–H groups in total. The molecule has 1 rings (SSSR count). The summed E-state index contributed by atoms with van der Waals surface area (Å²) in [4.78, 5) is 10.2. The molecule has 0 aliphatic carbocycles. The first kappa shape index (κ1) is 7.53. The minimum absolute atomic E-state index is 0.0637. The van der Waals surface area contributed by atoms with E-state index in [-0.39, 0.29) is 17.5 Å². The average Bonchev–Trinajstić information content (AvgIpc) is 1.57. The minimum atomic E-state index is -2.82. The highest BCUT2D eigenvalue weighted by Crippen LogP contribution is 2.09. The Balaban J connectivity index is 2.34. The van der Waals surface area contributed by atoms with Crippen LogP contribution >= 0.6 is 0 Å². The van der Waals surface area contributed by atoms with Crippen LogP contribution in [0.2, 0.25) is 0 Å². The van der Waals surface area contributed by atoms with E-state index in [4.69, 9.17) is 0 Å². The van der Waals surface area contributed by atoms with E-state index in [2.05, 4.69) is 12.2 Å². The molecule has 4 nitrogen and oxygen atoms in total. The minimum Gasteiger partial charge on any atom is -0.351 e. The highest BCUT2D eigenvalue weighted by atomic mass is 32.2. The van der Waals surface area contributed by atoms with Gasteiger partial charge in [-0.2, -0.15) is 0 Å². The van der Waals surface area contributed by atoms with Crippen molar-refractivity contribution < 1.29 is 13.2 Å². The number of rotatable bonds is 1. The van der Waals surface area contributed by atoms with Crippen LogP contribution in [-0.2, 0) is 14.6 Å². The number of amides is 1. The fourth-order valence-electron chi connectivity index (χ4n) is 0.875. The third-order valence-corrected chi connectivity index (χ3v) is 3.10. The number of nitrogens with one attached hydrogen (secondary N) is 1. The predicted octanol–water partition coefficient (Wildman–Crippen LogP) is -1.27. The third-order valence-electron chi connectivity index (χ3n) is 1.28. The third kappa shape index (κ3) is 1.70. The van der Waals surface area contributed by atoms with Crippen molar-refractivity contribution in [3.63, 3.8) is 0 Å². The zero-order valence-corrected chi connectivity index (χ0v) is 6.15. The van der Waals surface area contributed by atoms with Crippen LogP contribution in [-0.4, -0.2) is 31.9 Å². The summed E-state index contributed by atoms with van der Waals surface area (Å²) in [5.41, 5.74) is 0. The first-order valence-electron chi connectivity index (χ1n) is 2.82. The van der Waals surface area contributed by atoms with Crippen LogP contribution in [0.25, 0.3) is 0 Å². The van der Waals surface area contributed by atoms with Gasteiger partial charge in [-0.15, -0.1) is 0 Å². The van der Waals surface area contributed by atoms with Gasteiger partial charge in [-0.3, -0.25) is 4.79 Å². The molecule has 1 saturated heterocycles. The Bertz CT molecular complexity index is 232. The molecular formula is C5H8NO3S. The second-order valence-electron chi connectivity index (χ2n) is 2.34. The van der Waals surface area contributed by atoms with E-state index in [1.807, 2.05) is 0 Å². The van der Waals surface area contributed by atoms with Crippen LogP contribution < -0.4 is 5.32 Å². The summed E-state index contributed by atoms with van der Waals surface area (Å²) in [6.07, 6.45) is 0. The molecule has 0 atom stereocenters. The summed E-state index contributed by atoms with van der Waals surface area (Å²) in [6, 6.07) is -0.199. The predicted molar refractivity (Wildman–Crippen MR) is 35.9 cm³/mol. The Hall–Kier alpha value is -0.580. The van der Waals surface area contributed by atoms with E-state index < -0.39 is 15.7 Å². The lowest BCUT2D eigenvalue weighted by molar-refractivity contribution is -0.117. The molecule has 0 bridgehead atoms. The van der Waals surface area contributed by atoms with Gasteiger partial charge in [-0.05, 0) is 0 Å². The van der Waals surface area contributed by atoms with Crippen molar-refractivity contribution in [2.75, 3.05) is 11.5 Å². The molecule has 10 heavy (non-hydrogen) atoms. The van der Waals surface area contributed by atoms with Crippen molar-refractivity contribution in [2.24, 2.45) is 0 Å². The molecule has 57 valence electrons. The Morgan fingerprint density at radius 3 is 2.30 bits per heavy atom. The standard InChI is InChI=1S/C5H8NO3S/c1-4(7)6-5-2-10(8,9)3-5/h5H,1-3H2,(H,6,7). The first-order valence-corrected chi connectivity index (χ1v) is 4.64. The number of hydrogen-bond acceptors (Lipinski definition) is 3. The summed E-state index contributed by atoms with van der Waals surface area (Å²) < 4.78 is 21.0. The van der Waals surface area contributed by atoms with Gasteiger partial charge in [0.2, 0.25) is 5.91 Å². The van der Waals surface area contributed by atoms with Gasteiger partial charge in [0, 0.05) is 6.92 Å². The van der Waals surface area contributed by atoms with E-state index in [1.165, 1.54) is 0 Å². The highest BCUT2D eigenvalue weighted by molar-refractivity contribution is 7.92. The van der Waals surface area contributed by atoms with Gasteiger partial charge in [0.25, 0.3) is 0 Å². The van der Waals surface area contributed by atoms with Crippen molar-refractivity contribution >= 4 is 15.7 Å². The van der Waals surface area contributed by atoms with Crippen molar-refractivity contribution in [2.45, 2.75) is 6.04 Å². The summed E-state index contributed by atoms with van der Waals surface area (Å²) >= 11 is 0. The van der Waals surface area contributed by atoms with Gasteiger partial charge in [-0.1, -0.05) is 0 Å². The van der Waals surface area contributed by atoms with Crippen molar-refractivity contribution in [3.05, 3.63) is 6.92 Å². The first-order chi connectivity index (χ1) is 4.49. The second-order valence-corrected chi connectivity index (χ2v) is 4.50. The van der Waals surface area contributed by atoms with Crippen LogP contribution in [0, 0.1) is 6.92 Å². The number of hydrogen-bond donors (Lipinski definition) is 1. The molecule has 0 aromatic heterocycles. The highest BCUT2D eigenvalue weighted by Gasteiger charge is 2.33. The molecule has 0 aromatic carbocycles. The zero-order chi connectivity index (χ0) is 7.78. The van der Waals surface area contributed by atoms with Gasteiger partial charge in [-0.25, -0.2) is 8.42 Å². The van der Waals surface area contributed by atoms with E-state index in [1.54, 1.807) is 0 Å². The number of carbonyl (C=O) groups is 1. The molecular weight excluding hydrogens is 154 g/mol. The summed E-state index contributed by atoms with van der Waals surface area (Å²) in [5, 5.41) is 2.41. The van der Waals surface area contributed by atoms with Crippen molar-refractivity contribution in [1.82, 2.24) is 5.32 Å². The molecule has 1 fully saturated rings. The topological polar surface area (TPSA) is 63.2 Å². The number of carbonyl (C=O) groups excluding carboxylic acids is 1. The normalized spacial score (nSPS) is 23.3. The van der Waals surface area contributed by atoms with E-state index in [9.17, 15) is 13.2 Å². The maximum Gasteiger partial charge on any atom is 0.220 e. The fourth-order valence-corrected chi connectivity index (χ4v) is 2.17. The Morgan fingerprint density at radius 2 is 2.00 bits per heavy atom. The molecule has 0 aromatic rings. The van der Waals surface area contributed by atoms with Crippen molar-refractivity contribution in [3.8, 4) is 0 Å². The van der Waals surface area contributed by atoms with Gasteiger partial charge >= 0.3 is 0 Å². The van der Waals surface area contributed by atoms with E-state index in [0.29, 0.717) is 0 Å². The molecule has 1 radical (unpaired) electrons.